The number of ketones is 1. The number of para-hydroxylation sites is 1. The van der Waals surface area contributed by atoms with Crippen LogP contribution in [0.15, 0.2) is 46.3 Å². The lowest BCUT2D eigenvalue weighted by atomic mass is 10.2. The number of carbonyl (C=O) groups is 1. The molecule has 3 heterocycles. The Morgan fingerprint density at radius 2 is 2.18 bits per heavy atom. The van der Waals surface area contributed by atoms with Crippen molar-refractivity contribution in [2.45, 2.75) is 44.0 Å². The predicted octanol–water partition coefficient (Wildman–Crippen LogP) is 4.17. The van der Waals surface area contributed by atoms with E-state index in [0.717, 1.165) is 30.7 Å². The number of rotatable bonds is 7. The summed E-state index contributed by atoms with van der Waals surface area (Å²) in [6.07, 6.45) is 2.91. The molecule has 5 nitrogen and oxygen atoms in total. The van der Waals surface area contributed by atoms with Crippen LogP contribution in [0.5, 0.6) is 0 Å². The molecule has 146 valence electrons. The number of thiophene rings is 1. The van der Waals surface area contributed by atoms with Gasteiger partial charge in [0.05, 0.1) is 34.2 Å². The van der Waals surface area contributed by atoms with E-state index in [4.69, 9.17) is 4.74 Å². The summed E-state index contributed by atoms with van der Waals surface area (Å²) in [6.45, 7) is 3.29. The van der Waals surface area contributed by atoms with Gasteiger partial charge in [-0.25, -0.2) is 4.98 Å². The van der Waals surface area contributed by atoms with Crippen LogP contribution in [-0.2, 0) is 17.7 Å². The fraction of sp³-hybridized carbons (Fsp3) is 0.381. The van der Waals surface area contributed by atoms with E-state index >= 15 is 0 Å². The van der Waals surface area contributed by atoms with E-state index in [0.29, 0.717) is 22.6 Å². The van der Waals surface area contributed by atoms with Crippen LogP contribution in [0.4, 0.5) is 0 Å². The van der Waals surface area contributed by atoms with Gasteiger partial charge < -0.3 is 4.74 Å². The molecule has 4 rings (SSSR count). The minimum atomic E-state index is -0.0690. The molecule has 1 aliphatic heterocycles. The van der Waals surface area contributed by atoms with E-state index in [1.165, 1.54) is 16.6 Å². The van der Waals surface area contributed by atoms with Crippen LogP contribution in [0, 0.1) is 0 Å². The van der Waals surface area contributed by atoms with Gasteiger partial charge in [0.2, 0.25) is 0 Å². The average molecular weight is 415 g/mol. The highest BCUT2D eigenvalue weighted by Gasteiger charge is 2.21. The Balaban J connectivity index is 1.62. The number of aryl methyl sites for hydroxylation is 1. The van der Waals surface area contributed by atoms with Crippen LogP contribution in [0.25, 0.3) is 10.9 Å². The van der Waals surface area contributed by atoms with Crippen molar-refractivity contribution >= 4 is 39.8 Å². The Hall–Kier alpha value is -1.96. The van der Waals surface area contributed by atoms with E-state index in [2.05, 4.69) is 11.9 Å². The Bertz CT molecular complexity index is 1050. The molecule has 3 aromatic rings. The first-order valence-corrected chi connectivity index (χ1v) is 11.3. The van der Waals surface area contributed by atoms with E-state index in [1.54, 1.807) is 22.0 Å². The normalized spacial score (nSPS) is 16.7. The molecule has 0 spiro atoms. The van der Waals surface area contributed by atoms with E-state index in [1.807, 2.05) is 30.3 Å². The van der Waals surface area contributed by atoms with Gasteiger partial charge in [-0.05, 0) is 43.5 Å². The zero-order valence-corrected chi connectivity index (χ0v) is 17.4. The van der Waals surface area contributed by atoms with Crippen molar-refractivity contribution in [1.82, 2.24) is 9.55 Å². The highest BCUT2D eigenvalue weighted by molar-refractivity contribution is 7.99. The fourth-order valence-corrected chi connectivity index (χ4v) is 5.20. The molecule has 0 unspecified atom stereocenters. The van der Waals surface area contributed by atoms with Crippen LogP contribution >= 0.6 is 23.1 Å². The Morgan fingerprint density at radius 1 is 1.32 bits per heavy atom. The maximum atomic E-state index is 13.1. The van der Waals surface area contributed by atoms with Gasteiger partial charge in [-0.2, -0.15) is 0 Å². The molecule has 0 amide bonds. The van der Waals surface area contributed by atoms with Crippen molar-refractivity contribution in [2.24, 2.45) is 0 Å². The van der Waals surface area contributed by atoms with Gasteiger partial charge in [0.1, 0.15) is 0 Å². The SMILES string of the molecule is CCc1ccc(C(=O)CSc2nc3ccccc3c(=O)n2C[C@@H]2CCCO2)s1. The van der Waals surface area contributed by atoms with Crippen LogP contribution in [0.3, 0.4) is 0 Å². The van der Waals surface area contributed by atoms with Gasteiger partial charge in [0.15, 0.2) is 10.9 Å². The molecule has 2 aromatic heterocycles. The summed E-state index contributed by atoms with van der Waals surface area (Å²) in [5.41, 5.74) is 0.593. The second-order valence-corrected chi connectivity index (χ2v) is 8.90. The van der Waals surface area contributed by atoms with Gasteiger partial charge in [-0.3, -0.25) is 14.2 Å². The number of thioether (sulfide) groups is 1. The number of carbonyl (C=O) groups excluding carboxylic acids is 1. The third kappa shape index (κ3) is 4.06. The Morgan fingerprint density at radius 3 is 2.93 bits per heavy atom. The fourth-order valence-electron chi connectivity index (χ4n) is 3.33. The van der Waals surface area contributed by atoms with Crippen molar-refractivity contribution in [3.05, 3.63) is 56.5 Å². The van der Waals surface area contributed by atoms with Gasteiger partial charge in [-0.1, -0.05) is 30.8 Å². The lowest BCUT2D eigenvalue weighted by Gasteiger charge is -2.16. The van der Waals surface area contributed by atoms with Gasteiger partial charge in [0.25, 0.3) is 5.56 Å². The van der Waals surface area contributed by atoms with Crippen molar-refractivity contribution in [1.29, 1.82) is 0 Å². The molecule has 1 fully saturated rings. The monoisotopic (exact) mass is 414 g/mol. The van der Waals surface area contributed by atoms with E-state index in [-0.39, 0.29) is 23.2 Å². The molecule has 0 N–H and O–H groups in total. The molecule has 1 aliphatic rings. The Kier molecular flexibility index (Phi) is 5.94. The maximum absolute atomic E-state index is 13.1. The summed E-state index contributed by atoms with van der Waals surface area (Å²) in [4.78, 5) is 32.3. The lowest BCUT2D eigenvalue weighted by Crippen LogP contribution is -2.29. The minimum absolute atomic E-state index is 0.0279. The van der Waals surface area contributed by atoms with Gasteiger partial charge in [-0.15, -0.1) is 11.3 Å². The first kappa shape index (κ1) is 19.4. The van der Waals surface area contributed by atoms with Crippen LogP contribution in [0.2, 0.25) is 0 Å². The molecular formula is C21H22N2O3S2. The predicted molar refractivity (Wildman–Crippen MR) is 114 cm³/mol. The van der Waals surface area contributed by atoms with Crippen LogP contribution in [-0.4, -0.2) is 33.8 Å². The van der Waals surface area contributed by atoms with Crippen LogP contribution in [0.1, 0.15) is 34.3 Å². The number of hydrogen-bond donors (Lipinski definition) is 0. The first-order chi connectivity index (χ1) is 13.7. The van der Waals surface area contributed by atoms with Crippen molar-refractivity contribution in [2.75, 3.05) is 12.4 Å². The molecule has 1 atom stereocenters. The highest BCUT2D eigenvalue weighted by atomic mass is 32.2. The summed E-state index contributed by atoms with van der Waals surface area (Å²) in [5, 5.41) is 1.18. The zero-order chi connectivity index (χ0) is 19.5. The summed E-state index contributed by atoms with van der Waals surface area (Å²) in [5.74, 6) is 0.334. The summed E-state index contributed by atoms with van der Waals surface area (Å²) in [6, 6.07) is 11.3. The highest BCUT2D eigenvalue weighted by Crippen LogP contribution is 2.24. The molecule has 0 radical (unpaired) electrons. The third-order valence-electron chi connectivity index (χ3n) is 4.85. The number of Topliss-reactive ketones (excluding diaryl/α,β-unsaturated/α-hetero) is 1. The zero-order valence-electron chi connectivity index (χ0n) is 15.7. The van der Waals surface area contributed by atoms with Crippen molar-refractivity contribution in [3.8, 4) is 0 Å². The molecule has 0 aliphatic carbocycles. The lowest BCUT2D eigenvalue weighted by molar-refractivity contribution is 0.0937. The largest absolute Gasteiger partial charge is 0.376 e. The van der Waals surface area contributed by atoms with E-state index < -0.39 is 0 Å². The molecule has 0 saturated carbocycles. The number of nitrogens with zero attached hydrogens (tertiary/aromatic N) is 2. The standard InChI is InChI=1S/C21H22N2O3S2/c1-2-15-9-10-19(28-15)18(24)13-27-21-22-17-8-4-3-7-16(17)20(25)23(21)12-14-6-5-11-26-14/h3-4,7-10,14H,2,5-6,11-13H2,1H3/t14-/m0/s1. The molecular weight excluding hydrogens is 392 g/mol. The molecule has 0 bridgehead atoms. The van der Waals surface area contributed by atoms with E-state index in [9.17, 15) is 9.59 Å². The number of fused-ring (bicyclic) bond motifs is 1. The topological polar surface area (TPSA) is 61.2 Å². The summed E-state index contributed by atoms with van der Waals surface area (Å²) < 4.78 is 7.41. The second kappa shape index (κ2) is 8.59. The number of hydrogen-bond acceptors (Lipinski definition) is 6. The number of ether oxygens (including phenoxy) is 1. The van der Waals surface area contributed by atoms with Crippen molar-refractivity contribution < 1.29 is 9.53 Å². The van der Waals surface area contributed by atoms with Gasteiger partial charge >= 0.3 is 0 Å². The summed E-state index contributed by atoms with van der Waals surface area (Å²) in [7, 11) is 0. The van der Waals surface area contributed by atoms with Crippen molar-refractivity contribution in [3.63, 3.8) is 0 Å². The number of aromatic nitrogens is 2. The second-order valence-electron chi connectivity index (χ2n) is 6.79. The Labute approximate surface area is 171 Å². The first-order valence-electron chi connectivity index (χ1n) is 9.51. The minimum Gasteiger partial charge on any atom is -0.376 e. The maximum Gasteiger partial charge on any atom is 0.262 e. The third-order valence-corrected chi connectivity index (χ3v) is 7.10. The molecule has 1 saturated heterocycles. The average Bonchev–Trinajstić information content (AvgIpc) is 3.40. The van der Waals surface area contributed by atoms with Crippen LogP contribution < -0.4 is 5.56 Å². The summed E-state index contributed by atoms with van der Waals surface area (Å²) >= 11 is 2.87. The smallest absolute Gasteiger partial charge is 0.262 e. The molecule has 7 heteroatoms. The number of benzene rings is 1. The van der Waals surface area contributed by atoms with Gasteiger partial charge in [0, 0.05) is 11.5 Å². The molecule has 28 heavy (non-hydrogen) atoms. The molecule has 1 aromatic carbocycles. The quantitative estimate of drug-likeness (QED) is 0.330.